The number of amides is 1. The van der Waals surface area contributed by atoms with E-state index >= 15 is 0 Å². The molecule has 2 aromatic rings. The van der Waals surface area contributed by atoms with Crippen molar-refractivity contribution in [2.45, 2.75) is 6.42 Å². The summed E-state index contributed by atoms with van der Waals surface area (Å²) < 4.78 is 27.0. The lowest BCUT2D eigenvalue weighted by molar-refractivity contribution is -0.115. The number of aromatic nitrogens is 1. The van der Waals surface area contributed by atoms with E-state index in [-0.39, 0.29) is 17.8 Å². The van der Waals surface area contributed by atoms with Crippen LogP contribution in [0.15, 0.2) is 34.9 Å². The Labute approximate surface area is 122 Å². The van der Waals surface area contributed by atoms with Gasteiger partial charge in [0.2, 0.25) is 5.91 Å². The van der Waals surface area contributed by atoms with Crippen molar-refractivity contribution in [3.05, 3.63) is 52.1 Å². The van der Waals surface area contributed by atoms with Gasteiger partial charge in [-0.15, -0.1) is 0 Å². The van der Waals surface area contributed by atoms with Crippen LogP contribution in [0.4, 0.5) is 20.3 Å². The van der Waals surface area contributed by atoms with Gasteiger partial charge in [-0.25, -0.2) is 13.8 Å². The molecular weight excluding hydrogens is 332 g/mol. The van der Waals surface area contributed by atoms with Gasteiger partial charge in [0.1, 0.15) is 5.82 Å². The zero-order valence-electron chi connectivity index (χ0n) is 10.2. The van der Waals surface area contributed by atoms with Gasteiger partial charge in [-0.05, 0) is 28.1 Å². The summed E-state index contributed by atoms with van der Waals surface area (Å²) in [6, 6.07) is 5.27. The summed E-state index contributed by atoms with van der Waals surface area (Å²) in [6.07, 6.45) is 1.09. The lowest BCUT2D eigenvalue weighted by Gasteiger charge is -2.07. The van der Waals surface area contributed by atoms with Crippen LogP contribution in [0.5, 0.6) is 0 Å². The molecule has 1 heterocycles. The highest BCUT2D eigenvalue weighted by Gasteiger charge is 2.13. The second-order valence-corrected chi connectivity index (χ2v) is 4.89. The molecular formula is C13H10BrF2N3O. The minimum atomic E-state index is -1.02. The number of anilines is 2. The number of nitrogens with zero attached hydrogens (tertiary/aromatic N) is 1. The van der Waals surface area contributed by atoms with Crippen LogP contribution < -0.4 is 11.1 Å². The smallest absolute Gasteiger partial charge is 0.230 e. The average molecular weight is 342 g/mol. The van der Waals surface area contributed by atoms with Crippen LogP contribution in [-0.4, -0.2) is 10.9 Å². The number of nitrogens with one attached hydrogen (secondary N) is 1. The van der Waals surface area contributed by atoms with Gasteiger partial charge in [-0.1, -0.05) is 12.1 Å². The van der Waals surface area contributed by atoms with Gasteiger partial charge in [0.15, 0.2) is 11.6 Å². The molecule has 4 nitrogen and oxygen atoms in total. The Bertz CT molecular complexity index is 664. The number of benzene rings is 1. The number of nitrogen functional groups attached to an aromatic ring is 1. The van der Waals surface area contributed by atoms with Crippen LogP contribution in [0, 0.1) is 11.6 Å². The van der Waals surface area contributed by atoms with E-state index in [1.165, 1.54) is 18.3 Å². The molecule has 1 aromatic heterocycles. The van der Waals surface area contributed by atoms with Gasteiger partial charge in [0.25, 0.3) is 0 Å². The fourth-order valence-corrected chi connectivity index (χ4v) is 2.04. The van der Waals surface area contributed by atoms with Crippen LogP contribution in [0.1, 0.15) is 5.56 Å². The molecule has 3 N–H and O–H groups in total. The first kappa shape index (κ1) is 14.4. The van der Waals surface area contributed by atoms with Gasteiger partial charge in [-0.3, -0.25) is 4.79 Å². The van der Waals surface area contributed by atoms with E-state index in [1.807, 2.05) is 0 Å². The summed E-state index contributed by atoms with van der Waals surface area (Å²) in [4.78, 5) is 15.7. The molecule has 0 saturated heterocycles. The molecule has 1 amide bonds. The number of nitrogens with two attached hydrogens (primary N) is 1. The highest BCUT2D eigenvalue weighted by Crippen LogP contribution is 2.22. The van der Waals surface area contributed by atoms with Crippen molar-refractivity contribution in [3.8, 4) is 0 Å². The van der Waals surface area contributed by atoms with Gasteiger partial charge in [0, 0.05) is 5.56 Å². The molecule has 0 fully saturated rings. The number of hydrogen-bond donors (Lipinski definition) is 2. The second kappa shape index (κ2) is 5.96. The molecule has 0 spiro atoms. The summed E-state index contributed by atoms with van der Waals surface area (Å²) in [7, 11) is 0. The minimum absolute atomic E-state index is 0.0194. The van der Waals surface area contributed by atoms with Crippen molar-refractivity contribution in [1.29, 1.82) is 0 Å². The van der Waals surface area contributed by atoms with E-state index in [1.54, 1.807) is 6.07 Å². The summed E-state index contributed by atoms with van der Waals surface area (Å²) in [5.41, 5.74) is 5.94. The van der Waals surface area contributed by atoms with Crippen LogP contribution >= 0.6 is 15.9 Å². The summed E-state index contributed by atoms with van der Waals surface area (Å²) in [6.45, 7) is 0. The maximum absolute atomic E-state index is 13.4. The quantitative estimate of drug-likeness (QED) is 0.901. The van der Waals surface area contributed by atoms with Crippen molar-refractivity contribution in [1.82, 2.24) is 4.98 Å². The molecule has 0 saturated carbocycles. The molecule has 20 heavy (non-hydrogen) atoms. The Morgan fingerprint density at radius 1 is 1.40 bits per heavy atom. The van der Waals surface area contributed by atoms with Gasteiger partial charge in [-0.2, -0.15) is 0 Å². The largest absolute Gasteiger partial charge is 0.397 e. The number of halogens is 3. The Kier molecular flexibility index (Phi) is 4.29. The topological polar surface area (TPSA) is 68.0 Å². The van der Waals surface area contributed by atoms with Crippen LogP contribution in [0.2, 0.25) is 0 Å². The summed E-state index contributed by atoms with van der Waals surface area (Å²) in [5, 5.41) is 2.49. The Morgan fingerprint density at radius 2 is 2.15 bits per heavy atom. The molecule has 0 bridgehead atoms. The van der Waals surface area contributed by atoms with Gasteiger partial charge >= 0.3 is 0 Å². The normalized spacial score (nSPS) is 10.3. The van der Waals surface area contributed by atoms with E-state index < -0.39 is 17.5 Å². The molecule has 0 atom stereocenters. The first-order chi connectivity index (χ1) is 9.47. The molecule has 0 radical (unpaired) electrons. The maximum Gasteiger partial charge on any atom is 0.230 e. The maximum atomic E-state index is 13.4. The fourth-order valence-electron chi connectivity index (χ4n) is 1.58. The van der Waals surface area contributed by atoms with Crippen LogP contribution in [-0.2, 0) is 11.2 Å². The van der Waals surface area contributed by atoms with E-state index in [2.05, 4.69) is 26.2 Å². The van der Waals surface area contributed by atoms with Gasteiger partial charge in [0.05, 0.1) is 22.8 Å². The van der Waals surface area contributed by atoms with Gasteiger partial charge < -0.3 is 11.1 Å². The van der Waals surface area contributed by atoms with Crippen molar-refractivity contribution in [2.75, 3.05) is 11.1 Å². The second-order valence-electron chi connectivity index (χ2n) is 4.04. The number of carbonyl (C=O) groups excluding carboxylic acids is 1. The molecule has 0 unspecified atom stereocenters. The number of rotatable bonds is 3. The molecule has 0 aliphatic heterocycles. The predicted molar refractivity (Wildman–Crippen MR) is 75.0 cm³/mol. The third-order valence-corrected chi connectivity index (χ3v) is 3.11. The third-order valence-electron chi connectivity index (χ3n) is 2.50. The zero-order chi connectivity index (χ0) is 14.7. The minimum Gasteiger partial charge on any atom is -0.397 e. The first-order valence-electron chi connectivity index (χ1n) is 5.61. The molecule has 7 heteroatoms. The third kappa shape index (κ3) is 3.30. The van der Waals surface area contributed by atoms with Crippen molar-refractivity contribution in [3.63, 3.8) is 0 Å². The standard InChI is InChI=1S/C13H10BrF2N3O/c14-9-5-8(17)6-18-13(9)19-11(20)4-7-2-1-3-10(15)12(7)16/h1-3,5-6H,4,17H2,(H,18,19,20). The molecule has 2 rings (SSSR count). The fraction of sp³-hybridized carbons (Fsp3) is 0.0769. The molecule has 0 aliphatic carbocycles. The lowest BCUT2D eigenvalue weighted by atomic mass is 10.1. The highest BCUT2D eigenvalue weighted by molar-refractivity contribution is 9.10. The number of carbonyl (C=O) groups is 1. The Hall–Kier alpha value is -2.02. The summed E-state index contributed by atoms with van der Waals surface area (Å²) in [5.74, 6) is -2.25. The van der Waals surface area contributed by atoms with E-state index in [0.29, 0.717) is 10.2 Å². The first-order valence-corrected chi connectivity index (χ1v) is 6.40. The van der Waals surface area contributed by atoms with Crippen molar-refractivity contribution >= 4 is 33.3 Å². The van der Waals surface area contributed by atoms with E-state index in [4.69, 9.17) is 5.73 Å². The highest BCUT2D eigenvalue weighted by atomic mass is 79.9. The molecule has 104 valence electrons. The molecule has 0 aliphatic rings. The lowest BCUT2D eigenvalue weighted by Crippen LogP contribution is -2.16. The summed E-state index contributed by atoms with van der Waals surface area (Å²) >= 11 is 3.20. The van der Waals surface area contributed by atoms with E-state index in [0.717, 1.165) is 6.07 Å². The van der Waals surface area contributed by atoms with Crippen molar-refractivity contribution < 1.29 is 13.6 Å². The van der Waals surface area contributed by atoms with Crippen molar-refractivity contribution in [2.24, 2.45) is 0 Å². The van der Waals surface area contributed by atoms with Crippen LogP contribution in [0.3, 0.4) is 0 Å². The predicted octanol–water partition coefficient (Wildman–Crippen LogP) is 2.89. The Balaban J connectivity index is 2.11. The average Bonchev–Trinajstić information content (AvgIpc) is 2.38. The number of hydrogen-bond acceptors (Lipinski definition) is 3. The van der Waals surface area contributed by atoms with Crippen LogP contribution in [0.25, 0.3) is 0 Å². The van der Waals surface area contributed by atoms with E-state index in [9.17, 15) is 13.6 Å². The SMILES string of the molecule is Nc1cnc(NC(=O)Cc2cccc(F)c2F)c(Br)c1. The number of pyridine rings is 1. The zero-order valence-corrected chi connectivity index (χ0v) is 11.7. The monoisotopic (exact) mass is 341 g/mol. The Morgan fingerprint density at radius 3 is 2.85 bits per heavy atom. The molecule has 1 aromatic carbocycles.